The van der Waals surface area contributed by atoms with Gasteiger partial charge in [-0.3, -0.25) is 4.79 Å². The first-order valence-corrected chi connectivity index (χ1v) is 10.4. The number of nitrogens with one attached hydrogen (secondary N) is 2. The van der Waals surface area contributed by atoms with Crippen LogP contribution in [0.25, 0.3) is 11.4 Å². The second-order valence-corrected chi connectivity index (χ2v) is 7.83. The third-order valence-corrected chi connectivity index (χ3v) is 5.97. The van der Waals surface area contributed by atoms with Gasteiger partial charge < -0.3 is 15.5 Å². The number of amides is 1. The molecule has 8 heteroatoms. The smallest absolute Gasteiger partial charge is 0.236 e. The van der Waals surface area contributed by atoms with Crippen LogP contribution in [-0.2, 0) is 4.79 Å². The molecule has 0 radical (unpaired) electrons. The maximum atomic E-state index is 12.9. The highest BCUT2D eigenvalue weighted by molar-refractivity contribution is 8.00. The molecular weight excluding hydrogens is 386 g/mol. The number of nitrogens with zero attached hydrogens (tertiary/aromatic N) is 3. The normalized spacial score (nSPS) is 17.9. The summed E-state index contributed by atoms with van der Waals surface area (Å²) < 4.78 is 7.15. The monoisotopic (exact) mass is 409 g/mol. The Morgan fingerprint density at radius 3 is 2.62 bits per heavy atom. The molecule has 0 unspecified atom stereocenters. The number of thioether (sulfide) groups is 1. The molecule has 29 heavy (non-hydrogen) atoms. The number of carbonyl (C=O) groups is 1. The molecule has 2 aromatic carbocycles. The van der Waals surface area contributed by atoms with Gasteiger partial charge in [-0.2, -0.15) is 0 Å². The van der Waals surface area contributed by atoms with Crippen LogP contribution in [0.2, 0.25) is 0 Å². The summed E-state index contributed by atoms with van der Waals surface area (Å²) in [6.45, 7) is 2.68. The zero-order valence-corrected chi connectivity index (χ0v) is 17.1. The second-order valence-electron chi connectivity index (χ2n) is 6.72. The molecule has 7 nitrogen and oxygen atoms in total. The molecule has 1 aliphatic rings. The van der Waals surface area contributed by atoms with Crippen molar-refractivity contribution in [3.8, 4) is 17.1 Å². The maximum Gasteiger partial charge on any atom is 0.236 e. The van der Waals surface area contributed by atoms with Crippen molar-refractivity contribution in [2.75, 3.05) is 19.1 Å². The number of hydrogen-bond acceptors (Lipinski definition) is 6. The van der Waals surface area contributed by atoms with E-state index in [1.807, 2.05) is 66.2 Å². The van der Waals surface area contributed by atoms with Gasteiger partial charge in [0.25, 0.3) is 0 Å². The number of rotatable bonds is 6. The standard InChI is InChI=1S/C21H23N5O2S/c1-3-13-22-20(27)18-17(14-9-11-16(28-2)12-10-14)25-26-19(23-24-21(26)29-18)15-7-5-4-6-8-15/h4-12,17-18,25H,3,13H2,1-2H3,(H,22,27)/t17-,18-/m0/s1. The van der Waals surface area contributed by atoms with Crippen molar-refractivity contribution in [2.45, 2.75) is 29.8 Å². The SMILES string of the molecule is CCCNC(=O)[C@H]1Sc2nnc(-c3ccccc3)n2N[C@H]1c1ccc(OC)cc1. The summed E-state index contributed by atoms with van der Waals surface area (Å²) in [5, 5.41) is 12.0. The van der Waals surface area contributed by atoms with Gasteiger partial charge in [-0.25, -0.2) is 4.68 Å². The number of benzene rings is 2. The van der Waals surface area contributed by atoms with Crippen molar-refractivity contribution in [1.29, 1.82) is 0 Å². The van der Waals surface area contributed by atoms with E-state index in [1.165, 1.54) is 11.8 Å². The van der Waals surface area contributed by atoms with Gasteiger partial charge in [-0.05, 0) is 24.1 Å². The van der Waals surface area contributed by atoms with Crippen LogP contribution >= 0.6 is 11.8 Å². The quantitative estimate of drug-likeness (QED) is 0.651. The fourth-order valence-electron chi connectivity index (χ4n) is 3.24. The minimum absolute atomic E-state index is 0.0133. The van der Waals surface area contributed by atoms with Crippen molar-refractivity contribution in [2.24, 2.45) is 0 Å². The van der Waals surface area contributed by atoms with Gasteiger partial charge in [0.15, 0.2) is 5.82 Å². The summed E-state index contributed by atoms with van der Waals surface area (Å²) in [6.07, 6.45) is 0.887. The van der Waals surface area contributed by atoms with E-state index in [2.05, 4.69) is 20.9 Å². The van der Waals surface area contributed by atoms with Gasteiger partial charge in [0.1, 0.15) is 11.0 Å². The molecule has 0 bridgehead atoms. The van der Waals surface area contributed by atoms with Crippen LogP contribution in [0.5, 0.6) is 5.75 Å². The van der Waals surface area contributed by atoms with Crippen molar-refractivity contribution in [1.82, 2.24) is 20.2 Å². The van der Waals surface area contributed by atoms with E-state index < -0.39 is 0 Å². The Balaban J connectivity index is 1.71. The molecule has 1 amide bonds. The number of aromatic nitrogens is 3. The van der Waals surface area contributed by atoms with E-state index >= 15 is 0 Å². The van der Waals surface area contributed by atoms with E-state index in [-0.39, 0.29) is 17.2 Å². The van der Waals surface area contributed by atoms with E-state index in [1.54, 1.807) is 7.11 Å². The van der Waals surface area contributed by atoms with Gasteiger partial charge in [0.05, 0.1) is 13.2 Å². The first-order valence-electron chi connectivity index (χ1n) is 9.57. The van der Waals surface area contributed by atoms with Crippen molar-refractivity contribution in [3.63, 3.8) is 0 Å². The molecular formula is C21H23N5O2S. The van der Waals surface area contributed by atoms with Crippen LogP contribution in [-0.4, -0.2) is 39.7 Å². The van der Waals surface area contributed by atoms with Crippen LogP contribution in [0, 0.1) is 0 Å². The van der Waals surface area contributed by atoms with Gasteiger partial charge >= 0.3 is 0 Å². The summed E-state index contributed by atoms with van der Waals surface area (Å²) in [4.78, 5) is 12.9. The second kappa shape index (κ2) is 8.57. The van der Waals surface area contributed by atoms with Gasteiger partial charge in [-0.1, -0.05) is 61.2 Å². The molecule has 150 valence electrons. The number of fused-ring (bicyclic) bond motifs is 1. The summed E-state index contributed by atoms with van der Waals surface area (Å²) in [6, 6.07) is 17.4. The highest BCUT2D eigenvalue weighted by Crippen LogP contribution is 2.38. The van der Waals surface area contributed by atoms with Crippen molar-refractivity contribution < 1.29 is 9.53 Å². The summed E-state index contributed by atoms with van der Waals surface area (Å²) in [7, 11) is 1.64. The van der Waals surface area contributed by atoms with E-state index in [0.29, 0.717) is 11.7 Å². The Morgan fingerprint density at radius 1 is 1.17 bits per heavy atom. The highest BCUT2D eigenvalue weighted by Gasteiger charge is 2.37. The molecule has 1 aromatic heterocycles. The van der Waals surface area contributed by atoms with E-state index in [0.717, 1.165) is 29.1 Å². The lowest BCUT2D eigenvalue weighted by atomic mass is 10.0. The maximum absolute atomic E-state index is 12.9. The first-order chi connectivity index (χ1) is 14.2. The van der Waals surface area contributed by atoms with Gasteiger partial charge in [0.2, 0.25) is 11.1 Å². The average Bonchev–Trinajstić information content (AvgIpc) is 3.20. The van der Waals surface area contributed by atoms with Crippen LogP contribution in [0.1, 0.15) is 24.9 Å². The average molecular weight is 410 g/mol. The molecule has 0 saturated heterocycles. The number of ether oxygens (including phenoxy) is 1. The van der Waals surface area contributed by atoms with Crippen molar-refractivity contribution in [3.05, 3.63) is 60.2 Å². The summed E-state index contributed by atoms with van der Waals surface area (Å²) in [5.74, 6) is 1.49. The zero-order chi connectivity index (χ0) is 20.2. The zero-order valence-electron chi connectivity index (χ0n) is 16.3. The molecule has 0 saturated carbocycles. The summed E-state index contributed by atoms with van der Waals surface area (Å²) in [5.41, 5.74) is 5.43. The Hall–Kier alpha value is -3.00. The fourth-order valence-corrected chi connectivity index (χ4v) is 4.34. The van der Waals surface area contributed by atoms with E-state index in [9.17, 15) is 4.79 Å². The Morgan fingerprint density at radius 2 is 1.93 bits per heavy atom. The Labute approximate surface area is 173 Å². The molecule has 2 N–H and O–H groups in total. The molecule has 2 atom stereocenters. The molecule has 0 fully saturated rings. The van der Waals surface area contributed by atoms with Crippen LogP contribution in [0.3, 0.4) is 0 Å². The lowest BCUT2D eigenvalue weighted by molar-refractivity contribution is -0.120. The fraction of sp³-hybridized carbons (Fsp3) is 0.286. The Bertz CT molecular complexity index is 974. The minimum Gasteiger partial charge on any atom is -0.497 e. The topological polar surface area (TPSA) is 81.1 Å². The molecule has 0 spiro atoms. The molecule has 2 heterocycles. The largest absolute Gasteiger partial charge is 0.497 e. The highest BCUT2D eigenvalue weighted by atomic mass is 32.2. The number of methoxy groups -OCH3 is 1. The van der Waals surface area contributed by atoms with Crippen molar-refractivity contribution >= 4 is 17.7 Å². The van der Waals surface area contributed by atoms with E-state index in [4.69, 9.17) is 4.74 Å². The predicted molar refractivity (Wildman–Crippen MR) is 113 cm³/mol. The summed E-state index contributed by atoms with van der Waals surface area (Å²) >= 11 is 1.43. The molecule has 0 aliphatic carbocycles. The molecule has 3 aromatic rings. The third kappa shape index (κ3) is 3.93. The first kappa shape index (κ1) is 19.3. The predicted octanol–water partition coefficient (Wildman–Crippen LogP) is 3.24. The lowest BCUT2D eigenvalue weighted by Gasteiger charge is -2.33. The molecule has 4 rings (SSSR count). The minimum atomic E-state index is -0.365. The third-order valence-electron chi connectivity index (χ3n) is 4.75. The molecule has 1 aliphatic heterocycles. The van der Waals surface area contributed by atoms with Crippen LogP contribution in [0.15, 0.2) is 59.8 Å². The number of carbonyl (C=O) groups excluding carboxylic acids is 1. The van der Waals surface area contributed by atoms with Crippen LogP contribution < -0.4 is 15.5 Å². The van der Waals surface area contributed by atoms with Gasteiger partial charge in [-0.15, -0.1) is 10.2 Å². The van der Waals surface area contributed by atoms with Gasteiger partial charge in [0, 0.05) is 12.1 Å². The lowest BCUT2D eigenvalue weighted by Crippen LogP contribution is -2.44. The number of hydrogen-bond donors (Lipinski definition) is 2. The Kier molecular flexibility index (Phi) is 5.71. The van der Waals surface area contributed by atoms with Crippen LogP contribution in [0.4, 0.5) is 0 Å².